The Kier molecular flexibility index (Phi) is 6.31. The largest absolute Gasteiger partial charge is 0.491 e. The van der Waals surface area contributed by atoms with Gasteiger partial charge in [0, 0.05) is 24.6 Å². The molecule has 2 atom stereocenters. The van der Waals surface area contributed by atoms with E-state index in [1.54, 1.807) is 0 Å². The summed E-state index contributed by atoms with van der Waals surface area (Å²) in [6, 6.07) is 22.0. The van der Waals surface area contributed by atoms with Crippen LogP contribution in [0.1, 0.15) is 34.9 Å². The van der Waals surface area contributed by atoms with E-state index in [2.05, 4.69) is 10.6 Å². The molecule has 0 radical (unpaired) electrons. The predicted octanol–water partition coefficient (Wildman–Crippen LogP) is 4.92. The van der Waals surface area contributed by atoms with Crippen LogP contribution in [0.3, 0.4) is 0 Å². The van der Waals surface area contributed by atoms with Crippen molar-refractivity contribution in [2.75, 3.05) is 18.1 Å². The van der Waals surface area contributed by atoms with Gasteiger partial charge in [-0.15, -0.1) is 0 Å². The lowest BCUT2D eigenvalue weighted by Crippen LogP contribution is -2.26. The summed E-state index contributed by atoms with van der Waals surface area (Å²) in [6.07, 6.45) is -0.330. The fraction of sp³-hybridized carbons (Fsp3) is 0.310. The third-order valence-electron chi connectivity index (χ3n) is 6.52. The standard InChI is InChI=1S/C29H31N3O3/c1-19-7-6-8-23(12-19)31-16-22(15-28(31)34)29-30-26-9-4-5-10-27(26)32(29)17-24(33)18-35-25-13-20(2)11-21(3)14-25/h4-14,22,24,33H,15-18H2,1-3H3/t22-,24-/m0/s1. The zero-order valence-corrected chi connectivity index (χ0v) is 20.4. The van der Waals surface area contributed by atoms with Crippen LogP contribution in [-0.2, 0) is 11.3 Å². The summed E-state index contributed by atoms with van der Waals surface area (Å²) in [6.45, 7) is 7.18. The van der Waals surface area contributed by atoms with Crippen molar-refractivity contribution in [3.8, 4) is 5.75 Å². The molecule has 6 heteroatoms. The van der Waals surface area contributed by atoms with Gasteiger partial charge in [0.25, 0.3) is 0 Å². The minimum atomic E-state index is -0.725. The molecule has 0 saturated carbocycles. The molecule has 0 unspecified atom stereocenters. The fourth-order valence-electron chi connectivity index (χ4n) is 5.00. The van der Waals surface area contributed by atoms with E-state index in [1.807, 2.05) is 86.3 Å². The van der Waals surface area contributed by atoms with E-state index in [0.717, 1.165) is 45.0 Å². The van der Waals surface area contributed by atoms with Crippen molar-refractivity contribution in [2.45, 2.75) is 45.8 Å². The molecule has 0 bridgehead atoms. The van der Waals surface area contributed by atoms with Crippen LogP contribution in [0.5, 0.6) is 5.75 Å². The molecule has 1 amide bonds. The zero-order chi connectivity index (χ0) is 24.5. The van der Waals surface area contributed by atoms with Crippen molar-refractivity contribution < 1.29 is 14.6 Å². The molecule has 35 heavy (non-hydrogen) atoms. The molecule has 1 aliphatic rings. The van der Waals surface area contributed by atoms with Gasteiger partial charge in [0.05, 0.1) is 17.6 Å². The highest BCUT2D eigenvalue weighted by Crippen LogP contribution is 2.33. The number of carbonyl (C=O) groups is 1. The van der Waals surface area contributed by atoms with Gasteiger partial charge in [-0.05, 0) is 73.9 Å². The highest BCUT2D eigenvalue weighted by Gasteiger charge is 2.35. The molecule has 1 fully saturated rings. The summed E-state index contributed by atoms with van der Waals surface area (Å²) in [4.78, 5) is 19.7. The fourth-order valence-corrected chi connectivity index (χ4v) is 5.00. The molecular weight excluding hydrogens is 438 g/mol. The van der Waals surface area contributed by atoms with Crippen molar-refractivity contribution >= 4 is 22.6 Å². The summed E-state index contributed by atoms with van der Waals surface area (Å²) in [5, 5.41) is 10.9. The number of anilines is 1. The van der Waals surface area contributed by atoms with E-state index in [1.165, 1.54) is 0 Å². The molecule has 0 spiro atoms. The summed E-state index contributed by atoms with van der Waals surface area (Å²) in [5.74, 6) is 1.63. The van der Waals surface area contributed by atoms with Gasteiger partial charge in [-0.3, -0.25) is 4.79 Å². The molecule has 1 aliphatic heterocycles. The number of ether oxygens (including phenoxy) is 1. The normalized spacial score (nSPS) is 16.7. The van der Waals surface area contributed by atoms with Crippen molar-refractivity contribution in [1.29, 1.82) is 0 Å². The van der Waals surface area contributed by atoms with Crippen LogP contribution in [0, 0.1) is 20.8 Å². The van der Waals surface area contributed by atoms with Gasteiger partial charge in [-0.25, -0.2) is 4.98 Å². The minimum absolute atomic E-state index is 0.0528. The van der Waals surface area contributed by atoms with E-state index >= 15 is 0 Å². The quantitative estimate of drug-likeness (QED) is 0.417. The molecule has 3 aromatic carbocycles. The Morgan fingerprint density at radius 3 is 2.54 bits per heavy atom. The number of para-hydroxylation sites is 2. The molecule has 180 valence electrons. The van der Waals surface area contributed by atoms with Crippen LogP contribution in [0.4, 0.5) is 5.69 Å². The first-order valence-electron chi connectivity index (χ1n) is 12.1. The number of carbonyl (C=O) groups excluding carboxylic acids is 1. The third-order valence-corrected chi connectivity index (χ3v) is 6.52. The number of rotatable bonds is 7. The first-order valence-corrected chi connectivity index (χ1v) is 12.1. The SMILES string of the molecule is Cc1cc(C)cc(OC[C@@H](O)Cn2c([C@H]3CC(=O)N(c4cccc(C)c4)C3)nc3ccccc32)c1. The number of hydrogen-bond donors (Lipinski definition) is 1. The molecule has 4 aromatic rings. The Balaban J connectivity index is 1.38. The van der Waals surface area contributed by atoms with Crippen LogP contribution in [0.15, 0.2) is 66.7 Å². The Morgan fingerprint density at radius 1 is 1.00 bits per heavy atom. The average Bonchev–Trinajstić information content (AvgIpc) is 3.38. The van der Waals surface area contributed by atoms with Crippen LogP contribution in [0.25, 0.3) is 11.0 Å². The first-order chi connectivity index (χ1) is 16.9. The number of amides is 1. The van der Waals surface area contributed by atoms with Crippen LogP contribution in [-0.4, -0.2) is 39.8 Å². The number of aliphatic hydroxyl groups excluding tert-OH is 1. The Bertz CT molecular complexity index is 1360. The lowest BCUT2D eigenvalue weighted by atomic mass is 10.1. The van der Waals surface area contributed by atoms with Gasteiger partial charge in [0.2, 0.25) is 5.91 Å². The number of aromatic nitrogens is 2. The average molecular weight is 470 g/mol. The predicted molar refractivity (Wildman–Crippen MR) is 138 cm³/mol. The molecular formula is C29H31N3O3. The van der Waals surface area contributed by atoms with Gasteiger partial charge >= 0.3 is 0 Å². The summed E-state index contributed by atoms with van der Waals surface area (Å²) >= 11 is 0. The lowest BCUT2D eigenvalue weighted by Gasteiger charge is -2.19. The molecule has 1 N–H and O–H groups in total. The second kappa shape index (κ2) is 9.55. The molecule has 6 nitrogen and oxygen atoms in total. The third kappa shape index (κ3) is 4.93. The van der Waals surface area contributed by atoms with Crippen molar-refractivity contribution in [3.05, 3.63) is 89.2 Å². The Morgan fingerprint density at radius 2 is 1.77 bits per heavy atom. The smallest absolute Gasteiger partial charge is 0.227 e. The molecule has 0 aliphatic carbocycles. The highest BCUT2D eigenvalue weighted by molar-refractivity contribution is 5.96. The monoisotopic (exact) mass is 469 g/mol. The Hall–Kier alpha value is -3.64. The van der Waals surface area contributed by atoms with Crippen LogP contribution >= 0.6 is 0 Å². The van der Waals surface area contributed by atoms with Gasteiger partial charge < -0.3 is 19.3 Å². The topological polar surface area (TPSA) is 67.6 Å². The second-order valence-corrected chi connectivity index (χ2v) is 9.60. The van der Waals surface area contributed by atoms with Gasteiger partial charge in [0.1, 0.15) is 24.3 Å². The van der Waals surface area contributed by atoms with Crippen LogP contribution in [0.2, 0.25) is 0 Å². The minimum Gasteiger partial charge on any atom is -0.491 e. The van der Waals surface area contributed by atoms with Gasteiger partial charge in [-0.1, -0.05) is 30.3 Å². The van der Waals surface area contributed by atoms with Gasteiger partial charge in [0.15, 0.2) is 0 Å². The molecule has 2 heterocycles. The number of nitrogens with zero attached hydrogens (tertiary/aromatic N) is 3. The van der Waals surface area contributed by atoms with Crippen molar-refractivity contribution in [1.82, 2.24) is 9.55 Å². The molecule has 1 aromatic heterocycles. The summed E-state index contributed by atoms with van der Waals surface area (Å²) < 4.78 is 7.97. The summed E-state index contributed by atoms with van der Waals surface area (Å²) in [5.41, 5.74) is 6.11. The number of fused-ring (bicyclic) bond motifs is 1. The zero-order valence-electron chi connectivity index (χ0n) is 20.4. The molecule has 5 rings (SSSR count). The van der Waals surface area contributed by atoms with Crippen LogP contribution < -0.4 is 9.64 Å². The van der Waals surface area contributed by atoms with E-state index in [9.17, 15) is 9.90 Å². The van der Waals surface area contributed by atoms with Crippen molar-refractivity contribution in [2.24, 2.45) is 0 Å². The van der Waals surface area contributed by atoms with E-state index in [4.69, 9.17) is 9.72 Å². The van der Waals surface area contributed by atoms with Gasteiger partial charge in [-0.2, -0.15) is 0 Å². The van der Waals surface area contributed by atoms with E-state index in [0.29, 0.717) is 19.5 Å². The highest BCUT2D eigenvalue weighted by atomic mass is 16.5. The number of aryl methyl sites for hydroxylation is 3. The Labute approximate surface area is 205 Å². The maximum atomic E-state index is 13.0. The number of hydrogen-bond acceptors (Lipinski definition) is 4. The van der Waals surface area contributed by atoms with E-state index < -0.39 is 6.10 Å². The number of benzene rings is 3. The maximum absolute atomic E-state index is 13.0. The second-order valence-electron chi connectivity index (χ2n) is 9.60. The lowest BCUT2D eigenvalue weighted by molar-refractivity contribution is -0.117. The summed E-state index contributed by atoms with van der Waals surface area (Å²) in [7, 11) is 0. The van der Waals surface area contributed by atoms with E-state index in [-0.39, 0.29) is 18.4 Å². The first kappa shape index (κ1) is 23.1. The maximum Gasteiger partial charge on any atom is 0.227 e. The number of aliphatic hydroxyl groups is 1. The van der Waals surface area contributed by atoms with Crippen molar-refractivity contribution in [3.63, 3.8) is 0 Å². The molecule has 1 saturated heterocycles. The number of imidazole rings is 1.